The molecule has 0 aromatic carbocycles. The van der Waals surface area contributed by atoms with Crippen LogP contribution in [0.5, 0.6) is 0 Å². The number of pyridine rings is 1. The molecular weight excluding hydrogens is 286 g/mol. The molecule has 6 heteroatoms. The molecule has 1 atom stereocenters. The van der Waals surface area contributed by atoms with Crippen molar-refractivity contribution in [1.29, 1.82) is 0 Å². The van der Waals surface area contributed by atoms with Gasteiger partial charge in [0.25, 0.3) is 0 Å². The smallest absolute Gasteiger partial charge is 0.152 e. The fourth-order valence-electron chi connectivity index (χ4n) is 2.86. The van der Waals surface area contributed by atoms with Gasteiger partial charge < -0.3 is 10.2 Å². The van der Waals surface area contributed by atoms with E-state index in [0.717, 1.165) is 30.2 Å². The van der Waals surface area contributed by atoms with Crippen molar-refractivity contribution in [3.63, 3.8) is 0 Å². The molecule has 0 amide bonds. The maximum Gasteiger partial charge on any atom is 0.152 e. The van der Waals surface area contributed by atoms with Gasteiger partial charge in [0.1, 0.15) is 5.82 Å². The molecule has 0 bridgehead atoms. The van der Waals surface area contributed by atoms with Gasteiger partial charge in [0.05, 0.1) is 11.5 Å². The lowest BCUT2D eigenvalue weighted by molar-refractivity contribution is 0.600. The molecule has 1 fully saturated rings. The minimum absolute atomic E-state index is 0.0316. The van der Waals surface area contributed by atoms with Crippen LogP contribution < -0.4 is 10.2 Å². The predicted octanol–water partition coefficient (Wildman–Crippen LogP) is 1.43. The SMILES string of the molecule is CCNCc1c(C)cc(C)nc1N(C)C1CCS(=O)(=O)C1. The number of nitrogens with zero attached hydrogens (tertiary/aromatic N) is 2. The highest BCUT2D eigenvalue weighted by molar-refractivity contribution is 7.91. The summed E-state index contributed by atoms with van der Waals surface area (Å²) < 4.78 is 23.4. The van der Waals surface area contributed by atoms with Gasteiger partial charge in [0.2, 0.25) is 0 Å². The third-order valence-corrected chi connectivity index (χ3v) is 5.85. The van der Waals surface area contributed by atoms with Gasteiger partial charge in [-0.3, -0.25) is 0 Å². The summed E-state index contributed by atoms with van der Waals surface area (Å²) in [6.45, 7) is 7.80. The summed E-state index contributed by atoms with van der Waals surface area (Å²) in [5.74, 6) is 1.43. The minimum atomic E-state index is -2.88. The molecule has 1 aromatic heterocycles. The van der Waals surface area contributed by atoms with E-state index in [1.165, 1.54) is 5.56 Å². The average molecular weight is 311 g/mol. The highest BCUT2D eigenvalue weighted by Gasteiger charge is 2.32. The van der Waals surface area contributed by atoms with Crippen LogP contribution in [0.25, 0.3) is 0 Å². The highest BCUT2D eigenvalue weighted by Crippen LogP contribution is 2.27. The largest absolute Gasteiger partial charge is 0.355 e. The Morgan fingerprint density at radius 2 is 2.14 bits per heavy atom. The molecule has 1 aliphatic heterocycles. The van der Waals surface area contributed by atoms with Crippen LogP contribution in [0.3, 0.4) is 0 Å². The Balaban J connectivity index is 2.33. The number of aromatic nitrogens is 1. The highest BCUT2D eigenvalue weighted by atomic mass is 32.2. The lowest BCUT2D eigenvalue weighted by Gasteiger charge is -2.28. The Morgan fingerprint density at radius 1 is 1.43 bits per heavy atom. The van der Waals surface area contributed by atoms with Gasteiger partial charge in [0.15, 0.2) is 9.84 Å². The van der Waals surface area contributed by atoms with Crippen LogP contribution in [0.15, 0.2) is 6.07 Å². The fourth-order valence-corrected chi connectivity index (χ4v) is 4.63. The molecule has 5 nitrogen and oxygen atoms in total. The number of aryl methyl sites for hydroxylation is 2. The van der Waals surface area contributed by atoms with E-state index in [1.807, 2.05) is 14.0 Å². The van der Waals surface area contributed by atoms with E-state index in [4.69, 9.17) is 0 Å². The van der Waals surface area contributed by atoms with Crippen molar-refractivity contribution in [1.82, 2.24) is 10.3 Å². The Hall–Kier alpha value is -1.14. The first kappa shape index (κ1) is 16.2. The molecule has 21 heavy (non-hydrogen) atoms. The van der Waals surface area contributed by atoms with Crippen LogP contribution >= 0.6 is 0 Å². The van der Waals surface area contributed by atoms with E-state index >= 15 is 0 Å². The van der Waals surface area contributed by atoms with Crippen molar-refractivity contribution in [3.8, 4) is 0 Å². The summed E-state index contributed by atoms with van der Waals surface area (Å²) >= 11 is 0. The molecule has 2 heterocycles. The van der Waals surface area contributed by atoms with E-state index in [0.29, 0.717) is 6.42 Å². The normalized spacial score (nSPS) is 20.7. The molecule has 1 unspecified atom stereocenters. The molecule has 1 aliphatic rings. The van der Waals surface area contributed by atoms with Crippen LogP contribution in [-0.4, -0.2) is 44.5 Å². The summed E-state index contributed by atoms with van der Waals surface area (Å²) in [6.07, 6.45) is 0.689. The Morgan fingerprint density at radius 3 is 2.71 bits per heavy atom. The Labute approximate surface area is 127 Å². The Kier molecular flexibility index (Phi) is 4.88. The van der Waals surface area contributed by atoms with Crippen molar-refractivity contribution in [3.05, 3.63) is 22.9 Å². The summed E-state index contributed by atoms with van der Waals surface area (Å²) in [6, 6.07) is 2.11. The molecule has 0 spiro atoms. The fraction of sp³-hybridized carbons (Fsp3) is 0.667. The molecule has 118 valence electrons. The number of rotatable bonds is 5. The van der Waals surface area contributed by atoms with Gasteiger partial charge in [-0.2, -0.15) is 0 Å². The van der Waals surface area contributed by atoms with Gasteiger partial charge in [-0.25, -0.2) is 13.4 Å². The van der Waals surface area contributed by atoms with E-state index < -0.39 is 9.84 Å². The van der Waals surface area contributed by atoms with E-state index in [-0.39, 0.29) is 17.5 Å². The summed E-state index contributed by atoms with van der Waals surface area (Å²) in [4.78, 5) is 6.72. The number of hydrogen-bond acceptors (Lipinski definition) is 5. The van der Waals surface area contributed by atoms with Crippen LogP contribution in [0, 0.1) is 13.8 Å². The summed E-state index contributed by atoms with van der Waals surface area (Å²) in [5, 5.41) is 3.34. The second kappa shape index (κ2) is 6.32. The summed E-state index contributed by atoms with van der Waals surface area (Å²) in [7, 11) is -0.923. The zero-order chi connectivity index (χ0) is 15.6. The third-order valence-electron chi connectivity index (χ3n) is 4.10. The molecule has 0 radical (unpaired) electrons. The monoisotopic (exact) mass is 311 g/mol. The zero-order valence-corrected chi connectivity index (χ0v) is 14.1. The van der Waals surface area contributed by atoms with Gasteiger partial charge in [-0.1, -0.05) is 6.92 Å². The second-order valence-corrected chi connectivity index (χ2v) is 8.06. The van der Waals surface area contributed by atoms with Crippen LogP contribution in [0.1, 0.15) is 30.2 Å². The molecule has 1 saturated heterocycles. The van der Waals surface area contributed by atoms with Crippen molar-refractivity contribution >= 4 is 15.7 Å². The first-order valence-corrected chi connectivity index (χ1v) is 9.27. The quantitative estimate of drug-likeness (QED) is 0.891. The second-order valence-electron chi connectivity index (χ2n) is 5.83. The van der Waals surface area contributed by atoms with Crippen molar-refractivity contribution in [2.45, 2.75) is 39.8 Å². The van der Waals surface area contributed by atoms with Crippen molar-refractivity contribution in [2.24, 2.45) is 0 Å². The molecule has 2 rings (SSSR count). The first-order chi connectivity index (χ1) is 9.84. The minimum Gasteiger partial charge on any atom is -0.355 e. The van der Waals surface area contributed by atoms with Crippen LogP contribution in [-0.2, 0) is 16.4 Å². The lowest BCUT2D eigenvalue weighted by Crippen LogP contribution is -2.34. The molecule has 1 aromatic rings. The van der Waals surface area contributed by atoms with Gasteiger partial charge in [-0.15, -0.1) is 0 Å². The molecule has 0 saturated carbocycles. The third kappa shape index (κ3) is 3.74. The number of nitrogens with one attached hydrogen (secondary N) is 1. The molecule has 1 N–H and O–H groups in total. The number of sulfone groups is 1. The maximum atomic E-state index is 11.7. The lowest BCUT2D eigenvalue weighted by atomic mass is 10.1. The van der Waals surface area contributed by atoms with Gasteiger partial charge in [0, 0.05) is 30.9 Å². The maximum absolute atomic E-state index is 11.7. The van der Waals surface area contributed by atoms with Crippen molar-refractivity contribution in [2.75, 3.05) is 30.0 Å². The Bertz CT molecular complexity index is 614. The van der Waals surface area contributed by atoms with Crippen LogP contribution in [0.2, 0.25) is 0 Å². The van der Waals surface area contributed by atoms with E-state index in [2.05, 4.69) is 35.1 Å². The van der Waals surface area contributed by atoms with Gasteiger partial charge in [-0.05, 0) is 38.4 Å². The van der Waals surface area contributed by atoms with E-state index in [1.54, 1.807) is 0 Å². The molecular formula is C15H25N3O2S. The summed E-state index contributed by atoms with van der Waals surface area (Å²) in [5.41, 5.74) is 3.33. The average Bonchev–Trinajstić information content (AvgIpc) is 2.76. The zero-order valence-electron chi connectivity index (χ0n) is 13.3. The molecule has 0 aliphatic carbocycles. The van der Waals surface area contributed by atoms with E-state index in [9.17, 15) is 8.42 Å². The number of hydrogen-bond donors (Lipinski definition) is 1. The van der Waals surface area contributed by atoms with Crippen LogP contribution in [0.4, 0.5) is 5.82 Å². The topological polar surface area (TPSA) is 62.3 Å². The first-order valence-electron chi connectivity index (χ1n) is 7.45. The number of anilines is 1. The van der Waals surface area contributed by atoms with Crippen molar-refractivity contribution < 1.29 is 8.42 Å². The predicted molar refractivity (Wildman–Crippen MR) is 86.6 cm³/mol. The van der Waals surface area contributed by atoms with Gasteiger partial charge >= 0.3 is 0 Å². The standard InChI is InChI=1S/C15H25N3O2S/c1-5-16-9-14-11(2)8-12(3)17-15(14)18(4)13-6-7-21(19,20)10-13/h8,13,16H,5-7,9-10H2,1-4H3.